The predicted molar refractivity (Wildman–Crippen MR) is 75.7 cm³/mol. The summed E-state index contributed by atoms with van der Waals surface area (Å²) in [6.07, 6.45) is 6.41. The van der Waals surface area contributed by atoms with Gasteiger partial charge in [0.05, 0.1) is 18.0 Å². The maximum Gasteiger partial charge on any atom is 0.244 e. The number of H-pyrrole nitrogens is 1. The van der Waals surface area contributed by atoms with Gasteiger partial charge in [0.2, 0.25) is 5.91 Å². The molecule has 1 aromatic carbocycles. The number of aromatic nitrogens is 2. The fourth-order valence-corrected chi connectivity index (χ4v) is 1.96. The van der Waals surface area contributed by atoms with Gasteiger partial charge in [-0.1, -0.05) is 18.2 Å². The zero-order valence-electron chi connectivity index (χ0n) is 10.7. The van der Waals surface area contributed by atoms with Gasteiger partial charge in [0.1, 0.15) is 5.76 Å². The van der Waals surface area contributed by atoms with Gasteiger partial charge in [-0.3, -0.25) is 9.89 Å². The van der Waals surface area contributed by atoms with E-state index in [9.17, 15) is 4.79 Å². The highest BCUT2D eigenvalue weighted by Gasteiger charge is 2.03. The molecule has 20 heavy (non-hydrogen) atoms. The third kappa shape index (κ3) is 2.61. The van der Waals surface area contributed by atoms with E-state index < -0.39 is 0 Å². The average Bonchev–Trinajstić information content (AvgIpc) is 3.13. The van der Waals surface area contributed by atoms with Crippen LogP contribution < -0.4 is 5.32 Å². The van der Waals surface area contributed by atoms with Crippen LogP contribution in [-0.4, -0.2) is 16.1 Å². The summed E-state index contributed by atoms with van der Waals surface area (Å²) in [5.41, 5.74) is 1.95. The summed E-state index contributed by atoms with van der Waals surface area (Å²) >= 11 is 0. The van der Waals surface area contributed by atoms with Crippen molar-refractivity contribution in [2.24, 2.45) is 0 Å². The molecule has 0 radical (unpaired) electrons. The normalized spacial score (nSPS) is 11.2. The molecule has 2 N–H and O–H groups in total. The van der Waals surface area contributed by atoms with Crippen molar-refractivity contribution in [2.45, 2.75) is 6.54 Å². The molecule has 0 fully saturated rings. The summed E-state index contributed by atoms with van der Waals surface area (Å²) in [6.45, 7) is 0.445. The molecule has 1 amide bonds. The lowest BCUT2D eigenvalue weighted by atomic mass is 10.1. The lowest BCUT2D eigenvalue weighted by molar-refractivity contribution is -0.116. The minimum absolute atomic E-state index is 0.169. The van der Waals surface area contributed by atoms with Crippen LogP contribution in [0.1, 0.15) is 11.3 Å². The molecular formula is C15H13N3O2. The van der Waals surface area contributed by atoms with Crippen molar-refractivity contribution in [3.05, 3.63) is 60.2 Å². The monoisotopic (exact) mass is 267 g/mol. The van der Waals surface area contributed by atoms with Gasteiger partial charge >= 0.3 is 0 Å². The molecule has 2 heterocycles. The lowest BCUT2D eigenvalue weighted by Crippen LogP contribution is -2.20. The molecule has 0 aliphatic carbocycles. The molecule has 5 heteroatoms. The largest absolute Gasteiger partial charge is 0.465 e. The first kappa shape index (κ1) is 12.2. The van der Waals surface area contributed by atoms with E-state index in [-0.39, 0.29) is 5.91 Å². The Morgan fingerprint density at radius 3 is 3.15 bits per heavy atom. The fourth-order valence-electron chi connectivity index (χ4n) is 1.96. The highest BCUT2D eigenvalue weighted by molar-refractivity contribution is 5.91. The Morgan fingerprint density at radius 1 is 1.35 bits per heavy atom. The Labute approximate surface area is 115 Å². The van der Waals surface area contributed by atoms with Crippen LogP contribution >= 0.6 is 0 Å². The molecule has 100 valence electrons. The van der Waals surface area contributed by atoms with Crippen molar-refractivity contribution < 1.29 is 9.21 Å². The Bertz CT molecular complexity index is 741. The smallest absolute Gasteiger partial charge is 0.244 e. The van der Waals surface area contributed by atoms with Gasteiger partial charge in [0.25, 0.3) is 0 Å². The quantitative estimate of drug-likeness (QED) is 0.713. The van der Waals surface area contributed by atoms with Crippen molar-refractivity contribution in [3.8, 4) is 0 Å². The second-order valence-electron chi connectivity index (χ2n) is 4.32. The van der Waals surface area contributed by atoms with Gasteiger partial charge in [-0.15, -0.1) is 0 Å². The van der Waals surface area contributed by atoms with Gasteiger partial charge < -0.3 is 9.73 Å². The molecule has 2 aromatic heterocycles. The van der Waals surface area contributed by atoms with Crippen LogP contribution in [-0.2, 0) is 11.3 Å². The number of furan rings is 1. The number of carbonyl (C=O) groups excluding carboxylic acids is 1. The number of benzene rings is 1. The van der Waals surface area contributed by atoms with Crippen LogP contribution in [0.3, 0.4) is 0 Å². The number of hydrogen-bond acceptors (Lipinski definition) is 3. The van der Waals surface area contributed by atoms with Gasteiger partial charge in [-0.05, 0) is 23.8 Å². The number of para-hydroxylation sites is 1. The molecule has 0 unspecified atom stereocenters. The maximum atomic E-state index is 11.7. The summed E-state index contributed by atoms with van der Waals surface area (Å²) in [6, 6.07) is 9.43. The third-order valence-electron chi connectivity index (χ3n) is 2.96. The molecule has 3 aromatic rings. The zero-order valence-corrected chi connectivity index (χ0v) is 10.7. The summed E-state index contributed by atoms with van der Waals surface area (Å²) in [5.74, 6) is 0.480. The van der Waals surface area contributed by atoms with E-state index in [1.54, 1.807) is 30.7 Å². The van der Waals surface area contributed by atoms with Crippen molar-refractivity contribution in [1.82, 2.24) is 15.5 Å². The summed E-state index contributed by atoms with van der Waals surface area (Å²) in [4.78, 5) is 11.7. The summed E-state index contributed by atoms with van der Waals surface area (Å²) < 4.78 is 5.11. The number of amides is 1. The van der Waals surface area contributed by atoms with E-state index in [2.05, 4.69) is 15.5 Å². The first-order valence-electron chi connectivity index (χ1n) is 6.23. The predicted octanol–water partition coefficient (Wildman–Crippen LogP) is 2.49. The number of nitrogens with one attached hydrogen (secondary N) is 2. The number of rotatable bonds is 4. The number of nitrogens with zero attached hydrogens (tertiary/aromatic N) is 1. The van der Waals surface area contributed by atoms with Crippen molar-refractivity contribution in [1.29, 1.82) is 0 Å². The molecule has 0 spiro atoms. The molecular weight excluding hydrogens is 254 g/mol. The first-order chi connectivity index (χ1) is 9.83. The van der Waals surface area contributed by atoms with E-state index in [0.29, 0.717) is 12.3 Å². The Hall–Kier alpha value is -2.82. The van der Waals surface area contributed by atoms with Crippen LogP contribution in [0.4, 0.5) is 0 Å². The molecule has 0 atom stereocenters. The molecule has 0 aliphatic heterocycles. The second-order valence-corrected chi connectivity index (χ2v) is 4.32. The number of hydrogen-bond donors (Lipinski definition) is 2. The number of carbonyl (C=O) groups is 1. The zero-order chi connectivity index (χ0) is 13.8. The van der Waals surface area contributed by atoms with Crippen molar-refractivity contribution >= 4 is 22.9 Å². The van der Waals surface area contributed by atoms with Crippen LogP contribution in [0.25, 0.3) is 17.0 Å². The first-order valence-corrected chi connectivity index (χ1v) is 6.23. The van der Waals surface area contributed by atoms with E-state index in [0.717, 1.165) is 16.5 Å². The van der Waals surface area contributed by atoms with E-state index in [4.69, 9.17) is 4.42 Å². The molecule has 5 nitrogen and oxygen atoms in total. The molecule has 0 saturated carbocycles. The van der Waals surface area contributed by atoms with E-state index in [1.165, 1.54) is 6.08 Å². The van der Waals surface area contributed by atoms with Crippen molar-refractivity contribution in [3.63, 3.8) is 0 Å². The maximum absolute atomic E-state index is 11.7. The minimum Gasteiger partial charge on any atom is -0.465 e. The Kier molecular flexibility index (Phi) is 3.33. The lowest BCUT2D eigenvalue weighted by Gasteiger charge is -2.03. The second kappa shape index (κ2) is 5.44. The van der Waals surface area contributed by atoms with Gasteiger partial charge in [0.15, 0.2) is 0 Å². The van der Waals surface area contributed by atoms with Gasteiger partial charge in [-0.2, -0.15) is 5.10 Å². The Balaban J connectivity index is 1.64. The molecule has 3 rings (SSSR count). The van der Waals surface area contributed by atoms with Crippen LogP contribution in [0, 0.1) is 0 Å². The van der Waals surface area contributed by atoms with Gasteiger partial charge in [-0.25, -0.2) is 0 Å². The minimum atomic E-state index is -0.169. The summed E-state index contributed by atoms with van der Waals surface area (Å²) in [7, 11) is 0. The molecule has 0 saturated heterocycles. The third-order valence-corrected chi connectivity index (χ3v) is 2.96. The molecule has 0 aliphatic rings. The number of fused-ring (bicyclic) bond motifs is 1. The topological polar surface area (TPSA) is 70.9 Å². The fraction of sp³-hybridized carbons (Fsp3) is 0.0667. The van der Waals surface area contributed by atoms with E-state index in [1.807, 2.05) is 18.2 Å². The van der Waals surface area contributed by atoms with Crippen LogP contribution in [0.2, 0.25) is 0 Å². The highest BCUT2D eigenvalue weighted by atomic mass is 16.3. The van der Waals surface area contributed by atoms with Gasteiger partial charge in [0, 0.05) is 18.0 Å². The van der Waals surface area contributed by atoms with E-state index >= 15 is 0 Å². The number of aromatic amines is 1. The van der Waals surface area contributed by atoms with Crippen LogP contribution in [0.15, 0.2) is 53.3 Å². The standard InChI is InChI=1S/C15H13N3O2/c19-14(7-6-13-5-2-8-20-13)16-9-11-3-1-4-12-10-17-18-15(11)12/h1-8,10H,9H2,(H,16,19)(H,17,18). The van der Waals surface area contributed by atoms with Crippen LogP contribution in [0.5, 0.6) is 0 Å². The molecule has 0 bridgehead atoms. The Morgan fingerprint density at radius 2 is 2.30 bits per heavy atom. The summed E-state index contributed by atoms with van der Waals surface area (Å²) in [5, 5.41) is 10.8. The average molecular weight is 267 g/mol. The van der Waals surface area contributed by atoms with Crippen molar-refractivity contribution in [2.75, 3.05) is 0 Å². The highest BCUT2D eigenvalue weighted by Crippen LogP contribution is 2.15. The SMILES string of the molecule is O=C(C=Cc1ccco1)NCc1cccc2cn[nH]c12.